The van der Waals surface area contributed by atoms with Gasteiger partial charge in [0.25, 0.3) is 15.9 Å². The third-order valence-corrected chi connectivity index (χ3v) is 6.61. The van der Waals surface area contributed by atoms with Crippen LogP contribution in [0, 0.1) is 11.6 Å². The molecule has 0 unspecified atom stereocenters. The van der Waals surface area contributed by atoms with Crippen LogP contribution in [0.1, 0.15) is 0 Å². The summed E-state index contributed by atoms with van der Waals surface area (Å²) in [5.74, 6) is -1.67. The minimum atomic E-state index is -4.00. The number of nitrogens with one attached hydrogen (secondary N) is 1. The minimum absolute atomic E-state index is 0.00185. The van der Waals surface area contributed by atoms with Crippen molar-refractivity contribution in [3.63, 3.8) is 0 Å². The molecule has 0 fully saturated rings. The molecule has 3 aromatic carbocycles. The van der Waals surface area contributed by atoms with Gasteiger partial charge in [0.05, 0.1) is 18.1 Å². The SMILES string of the molecule is COc1ccc(Cl)cc1S(=O)(=O)Nc1ccc(Oc2nc3cc(F)c(F)cc3n3cnnc23)cc1. The molecular weight excluding hydrogens is 504 g/mol. The number of hydrogen-bond donors (Lipinski definition) is 1. The molecule has 0 bridgehead atoms. The van der Waals surface area contributed by atoms with Gasteiger partial charge in [-0.15, -0.1) is 10.2 Å². The predicted octanol–water partition coefficient (Wildman–Crippen LogP) is 4.81. The van der Waals surface area contributed by atoms with Crippen molar-refractivity contribution >= 4 is 44.0 Å². The van der Waals surface area contributed by atoms with Crippen LogP contribution in [0.2, 0.25) is 5.02 Å². The molecule has 0 saturated carbocycles. The van der Waals surface area contributed by atoms with Gasteiger partial charge in [-0.1, -0.05) is 11.6 Å². The monoisotopic (exact) mass is 517 g/mol. The smallest absolute Gasteiger partial charge is 0.266 e. The van der Waals surface area contributed by atoms with Gasteiger partial charge >= 0.3 is 0 Å². The Hall–Kier alpha value is -4.03. The highest BCUT2D eigenvalue weighted by Crippen LogP contribution is 2.31. The second-order valence-electron chi connectivity index (χ2n) is 7.22. The van der Waals surface area contributed by atoms with E-state index < -0.39 is 21.7 Å². The van der Waals surface area contributed by atoms with Crippen molar-refractivity contribution in [2.45, 2.75) is 4.90 Å². The average molecular weight is 518 g/mol. The maximum absolute atomic E-state index is 13.7. The first-order valence-corrected chi connectivity index (χ1v) is 11.7. The molecule has 0 atom stereocenters. The number of benzene rings is 3. The van der Waals surface area contributed by atoms with Crippen molar-refractivity contribution in [3.05, 3.63) is 77.6 Å². The van der Waals surface area contributed by atoms with Gasteiger partial charge in [-0.05, 0) is 42.5 Å². The number of rotatable bonds is 6. The number of hydrogen-bond acceptors (Lipinski definition) is 7. The lowest BCUT2D eigenvalue weighted by Crippen LogP contribution is -2.14. The van der Waals surface area contributed by atoms with E-state index in [0.717, 1.165) is 12.1 Å². The van der Waals surface area contributed by atoms with Gasteiger partial charge in [0, 0.05) is 22.8 Å². The number of anilines is 1. The molecule has 0 saturated heterocycles. The summed E-state index contributed by atoms with van der Waals surface area (Å²) in [5.41, 5.74) is 0.820. The molecule has 1 N–H and O–H groups in total. The lowest BCUT2D eigenvalue weighted by Gasteiger charge is -2.13. The van der Waals surface area contributed by atoms with Gasteiger partial charge in [0.2, 0.25) is 5.65 Å². The van der Waals surface area contributed by atoms with Crippen molar-refractivity contribution in [2.24, 2.45) is 0 Å². The normalized spacial score (nSPS) is 11.7. The Morgan fingerprint density at radius 1 is 1.03 bits per heavy atom. The Labute approximate surface area is 202 Å². The maximum atomic E-state index is 13.7. The first-order chi connectivity index (χ1) is 16.7. The predicted molar refractivity (Wildman–Crippen MR) is 124 cm³/mol. The fraction of sp³-hybridized carbons (Fsp3) is 0.0455. The van der Waals surface area contributed by atoms with Gasteiger partial charge in [-0.2, -0.15) is 0 Å². The number of nitrogens with zero attached hydrogens (tertiary/aromatic N) is 4. The molecule has 2 heterocycles. The van der Waals surface area contributed by atoms with E-state index in [4.69, 9.17) is 21.1 Å². The van der Waals surface area contributed by atoms with Crippen LogP contribution in [0.15, 0.2) is 65.8 Å². The Morgan fingerprint density at radius 3 is 2.51 bits per heavy atom. The van der Waals surface area contributed by atoms with Crippen molar-refractivity contribution in [1.29, 1.82) is 0 Å². The van der Waals surface area contributed by atoms with Crippen LogP contribution in [0.25, 0.3) is 16.7 Å². The van der Waals surface area contributed by atoms with E-state index in [-0.39, 0.29) is 49.7 Å². The lowest BCUT2D eigenvalue weighted by atomic mass is 10.2. The first-order valence-electron chi connectivity index (χ1n) is 9.88. The third-order valence-electron chi connectivity index (χ3n) is 4.97. The molecule has 2 aromatic heterocycles. The van der Waals surface area contributed by atoms with Crippen LogP contribution >= 0.6 is 11.6 Å². The van der Waals surface area contributed by atoms with Crippen molar-refractivity contribution in [2.75, 3.05) is 11.8 Å². The molecule has 9 nitrogen and oxygen atoms in total. The van der Waals surface area contributed by atoms with Crippen LogP contribution < -0.4 is 14.2 Å². The number of halogens is 3. The minimum Gasteiger partial charge on any atom is -0.495 e. The third kappa shape index (κ3) is 4.29. The largest absolute Gasteiger partial charge is 0.495 e. The highest BCUT2D eigenvalue weighted by atomic mass is 35.5. The Bertz CT molecular complexity index is 1690. The highest BCUT2D eigenvalue weighted by Gasteiger charge is 2.21. The van der Waals surface area contributed by atoms with Crippen LogP contribution in [-0.4, -0.2) is 35.1 Å². The van der Waals surface area contributed by atoms with E-state index >= 15 is 0 Å². The fourth-order valence-corrected chi connectivity index (χ4v) is 4.86. The second-order valence-corrected chi connectivity index (χ2v) is 9.31. The zero-order valence-corrected chi connectivity index (χ0v) is 19.3. The molecule has 178 valence electrons. The van der Waals surface area contributed by atoms with E-state index in [2.05, 4.69) is 19.9 Å². The van der Waals surface area contributed by atoms with Gasteiger partial charge in [0.1, 0.15) is 22.7 Å². The Balaban J connectivity index is 1.43. The van der Waals surface area contributed by atoms with Gasteiger partial charge in [-0.3, -0.25) is 9.12 Å². The van der Waals surface area contributed by atoms with Crippen molar-refractivity contribution in [3.8, 4) is 17.4 Å². The molecule has 5 aromatic rings. The molecule has 0 amide bonds. The number of sulfonamides is 1. The van der Waals surface area contributed by atoms with Gasteiger partial charge < -0.3 is 9.47 Å². The molecule has 0 aliphatic carbocycles. The number of methoxy groups -OCH3 is 1. The van der Waals surface area contributed by atoms with Gasteiger partial charge in [0.15, 0.2) is 11.6 Å². The summed E-state index contributed by atoms with van der Waals surface area (Å²) < 4.78 is 67.9. The molecule has 0 aliphatic heterocycles. The summed E-state index contributed by atoms with van der Waals surface area (Å²) in [6.07, 6.45) is 1.32. The van der Waals surface area contributed by atoms with E-state index in [1.165, 1.54) is 60.3 Å². The van der Waals surface area contributed by atoms with E-state index in [9.17, 15) is 17.2 Å². The average Bonchev–Trinajstić information content (AvgIpc) is 3.32. The number of ether oxygens (including phenoxy) is 2. The summed E-state index contributed by atoms with van der Waals surface area (Å²) in [4.78, 5) is 4.11. The molecule has 0 spiro atoms. The Morgan fingerprint density at radius 2 is 1.77 bits per heavy atom. The van der Waals surface area contributed by atoms with Crippen LogP contribution in [0.4, 0.5) is 14.5 Å². The molecule has 13 heteroatoms. The maximum Gasteiger partial charge on any atom is 0.266 e. The summed E-state index contributed by atoms with van der Waals surface area (Å²) in [7, 11) is -2.65. The van der Waals surface area contributed by atoms with Crippen LogP contribution in [0.5, 0.6) is 17.4 Å². The zero-order chi connectivity index (χ0) is 24.7. The quantitative estimate of drug-likeness (QED) is 0.344. The fourth-order valence-electron chi connectivity index (χ4n) is 3.37. The second kappa shape index (κ2) is 8.64. The summed E-state index contributed by atoms with van der Waals surface area (Å²) in [6, 6.07) is 12.1. The summed E-state index contributed by atoms with van der Waals surface area (Å²) >= 11 is 5.95. The van der Waals surface area contributed by atoms with Gasteiger partial charge in [-0.25, -0.2) is 22.2 Å². The first kappa shape index (κ1) is 22.7. The van der Waals surface area contributed by atoms with E-state index in [0.29, 0.717) is 0 Å². The highest BCUT2D eigenvalue weighted by molar-refractivity contribution is 7.92. The van der Waals surface area contributed by atoms with E-state index in [1.807, 2.05) is 0 Å². The zero-order valence-electron chi connectivity index (χ0n) is 17.7. The number of fused-ring (bicyclic) bond motifs is 3. The van der Waals surface area contributed by atoms with Crippen LogP contribution in [-0.2, 0) is 10.0 Å². The molecule has 5 rings (SSSR count). The Kier molecular flexibility index (Phi) is 5.61. The summed E-state index contributed by atoms with van der Waals surface area (Å²) in [6.45, 7) is 0. The summed E-state index contributed by atoms with van der Waals surface area (Å²) in [5, 5.41) is 7.96. The molecule has 0 radical (unpaired) electrons. The van der Waals surface area contributed by atoms with Crippen molar-refractivity contribution in [1.82, 2.24) is 19.6 Å². The topological polar surface area (TPSA) is 108 Å². The van der Waals surface area contributed by atoms with Crippen molar-refractivity contribution < 1.29 is 26.7 Å². The standard InChI is InChI=1S/C22H14ClF2N5O4S/c1-33-19-7-2-12(23)8-20(19)35(31,32)29-13-3-5-14(6-4-13)34-22-21-28-26-11-30(21)18-10-16(25)15(24)9-17(18)27-22/h2-11,29H,1H3. The lowest BCUT2D eigenvalue weighted by molar-refractivity contribution is 0.403. The number of aromatic nitrogens is 4. The van der Waals surface area contributed by atoms with E-state index in [1.54, 1.807) is 0 Å². The molecule has 35 heavy (non-hydrogen) atoms. The molecular formula is C22H14ClF2N5O4S. The van der Waals surface area contributed by atoms with Crippen LogP contribution in [0.3, 0.4) is 0 Å². The molecule has 0 aliphatic rings.